The van der Waals surface area contributed by atoms with Crippen LogP contribution in [0.2, 0.25) is 0 Å². The highest BCUT2D eigenvalue weighted by Gasteiger charge is 2.10. The van der Waals surface area contributed by atoms with Crippen molar-refractivity contribution in [2.75, 3.05) is 0 Å². The van der Waals surface area contributed by atoms with E-state index in [2.05, 4.69) is 66.1 Å². The zero-order valence-corrected chi connectivity index (χ0v) is 20.4. The van der Waals surface area contributed by atoms with E-state index in [0.717, 1.165) is 18.5 Å². The molecule has 1 aromatic heterocycles. The van der Waals surface area contributed by atoms with Crippen LogP contribution in [0.3, 0.4) is 0 Å². The fourth-order valence-corrected chi connectivity index (χ4v) is 4.75. The predicted molar refractivity (Wildman–Crippen MR) is 139 cm³/mol. The van der Waals surface area contributed by atoms with Gasteiger partial charge in [0.15, 0.2) is 0 Å². The highest BCUT2D eigenvalue weighted by Crippen LogP contribution is 2.20. The topological polar surface area (TPSA) is 17.8 Å². The maximum absolute atomic E-state index is 4.96. The lowest BCUT2D eigenvalue weighted by molar-refractivity contribution is 0.523. The van der Waals surface area contributed by atoms with Gasteiger partial charge in [-0.1, -0.05) is 133 Å². The summed E-state index contributed by atoms with van der Waals surface area (Å²) in [4.78, 5) is 4.96. The molecule has 0 radical (unpaired) electrons. The van der Waals surface area contributed by atoms with E-state index >= 15 is 0 Å². The molecule has 0 aliphatic carbocycles. The second-order valence-electron chi connectivity index (χ2n) is 9.43. The molecular weight excluding hydrogens is 388 g/mol. The number of rotatable bonds is 17. The van der Waals surface area contributed by atoms with E-state index in [1.807, 2.05) is 0 Å². The van der Waals surface area contributed by atoms with Gasteiger partial charge in [-0.25, -0.2) is 4.98 Å². The van der Waals surface area contributed by atoms with Crippen LogP contribution in [0.1, 0.15) is 108 Å². The molecule has 0 bridgehead atoms. The highest BCUT2D eigenvalue weighted by molar-refractivity contribution is 5.76. The van der Waals surface area contributed by atoms with Gasteiger partial charge in [0.05, 0.1) is 11.0 Å². The summed E-state index contributed by atoms with van der Waals surface area (Å²) in [6, 6.07) is 19.3. The van der Waals surface area contributed by atoms with Gasteiger partial charge in [-0.3, -0.25) is 0 Å². The van der Waals surface area contributed by atoms with Gasteiger partial charge >= 0.3 is 0 Å². The number of hydrogen-bond donors (Lipinski definition) is 0. The maximum Gasteiger partial charge on any atom is 0.114 e. The molecule has 2 nitrogen and oxygen atoms in total. The van der Waals surface area contributed by atoms with Crippen molar-refractivity contribution in [1.82, 2.24) is 9.55 Å². The molecule has 0 spiro atoms. The lowest BCUT2D eigenvalue weighted by Gasteiger charge is -2.10. The average Bonchev–Trinajstić information content (AvgIpc) is 3.17. The van der Waals surface area contributed by atoms with Crippen molar-refractivity contribution in [2.24, 2.45) is 0 Å². The molecule has 0 unspecified atom stereocenters. The molecule has 0 N–H and O–H groups in total. The molecule has 3 aromatic rings. The van der Waals surface area contributed by atoms with Crippen molar-refractivity contribution in [2.45, 2.75) is 110 Å². The molecule has 0 saturated carbocycles. The molecule has 2 heteroatoms. The first-order valence-electron chi connectivity index (χ1n) is 13.4. The summed E-state index contributed by atoms with van der Waals surface area (Å²) in [5.41, 5.74) is 3.75. The first-order chi connectivity index (χ1) is 15.9. The van der Waals surface area contributed by atoms with Gasteiger partial charge < -0.3 is 4.57 Å². The SMILES string of the molecule is CCCCCCCCCCCCCCCCn1c(Cc2ccccc2)nc2ccccc21. The second kappa shape index (κ2) is 14.9. The van der Waals surface area contributed by atoms with Crippen LogP contribution in [0.15, 0.2) is 54.6 Å². The number of benzene rings is 2. The normalized spacial score (nSPS) is 11.4. The summed E-state index contributed by atoms with van der Waals surface area (Å²) in [7, 11) is 0. The zero-order valence-electron chi connectivity index (χ0n) is 20.4. The summed E-state index contributed by atoms with van der Waals surface area (Å²) in [6.45, 7) is 3.38. The molecule has 3 rings (SSSR count). The van der Waals surface area contributed by atoms with Crippen LogP contribution in [0.25, 0.3) is 11.0 Å². The van der Waals surface area contributed by atoms with Gasteiger partial charge in [-0.15, -0.1) is 0 Å². The lowest BCUT2D eigenvalue weighted by atomic mass is 10.0. The first kappa shape index (κ1) is 24.6. The first-order valence-corrected chi connectivity index (χ1v) is 13.4. The Kier molecular flexibility index (Phi) is 11.4. The van der Waals surface area contributed by atoms with Crippen LogP contribution in [0.5, 0.6) is 0 Å². The van der Waals surface area contributed by atoms with E-state index in [1.165, 1.54) is 107 Å². The van der Waals surface area contributed by atoms with Crippen LogP contribution in [0, 0.1) is 0 Å². The number of imidazole rings is 1. The monoisotopic (exact) mass is 432 g/mol. The Morgan fingerprint density at radius 2 is 1.12 bits per heavy atom. The lowest BCUT2D eigenvalue weighted by Crippen LogP contribution is -2.05. The molecule has 0 fully saturated rings. The summed E-state index contributed by atoms with van der Waals surface area (Å²) in [5, 5.41) is 0. The molecule has 32 heavy (non-hydrogen) atoms. The zero-order chi connectivity index (χ0) is 22.3. The fraction of sp³-hybridized carbons (Fsp3) is 0.567. The van der Waals surface area contributed by atoms with E-state index in [-0.39, 0.29) is 0 Å². The van der Waals surface area contributed by atoms with E-state index < -0.39 is 0 Å². The molecule has 0 aliphatic rings. The predicted octanol–water partition coefficient (Wildman–Crippen LogP) is 9.11. The quantitative estimate of drug-likeness (QED) is 0.194. The molecule has 1 heterocycles. The Balaban J connectivity index is 1.32. The fourth-order valence-electron chi connectivity index (χ4n) is 4.75. The van der Waals surface area contributed by atoms with Crippen molar-refractivity contribution in [3.05, 3.63) is 66.0 Å². The number of aromatic nitrogens is 2. The minimum atomic E-state index is 0.911. The minimum absolute atomic E-state index is 0.911. The minimum Gasteiger partial charge on any atom is -0.328 e. The van der Waals surface area contributed by atoms with Gasteiger partial charge in [0.25, 0.3) is 0 Å². The summed E-state index contributed by atoms with van der Waals surface area (Å²) < 4.78 is 2.46. The van der Waals surface area contributed by atoms with Crippen molar-refractivity contribution in [3.63, 3.8) is 0 Å². The second-order valence-corrected chi connectivity index (χ2v) is 9.43. The third-order valence-corrected chi connectivity index (χ3v) is 6.67. The number of nitrogens with zero attached hydrogens (tertiary/aromatic N) is 2. The van der Waals surface area contributed by atoms with Crippen molar-refractivity contribution < 1.29 is 0 Å². The molecule has 0 atom stereocenters. The molecule has 2 aromatic carbocycles. The third-order valence-electron chi connectivity index (χ3n) is 6.67. The van der Waals surface area contributed by atoms with E-state index in [4.69, 9.17) is 4.98 Å². The van der Waals surface area contributed by atoms with Gasteiger partial charge in [0.1, 0.15) is 5.82 Å². The summed E-state index contributed by atoms with van der Waals surface area (Å²) >= 11 is 0. The van der Waals surface area contributed by atoms with Crippen LogP contribution < -0.4 is 0 Å². The van der Waals surface area contributed by atoms with Gasteiger partial charge in [0.2, 0.25) is 0 Å². The summed E-state index contributed by atoms with van der Waals surface area (Å²) in [6.07, 6.45) is 20.6. The van der Waals surface area contributed by atoms with Gasteiger partial charge in [-0.2, -0.15) is 0 Å². The maximum atomic E-state index is 4.96. The summed E-state index contributed by atoms with van der Waals surface area (Å²) in [5.74, 6) is 1.20. The van der Waals surface area contributed by atoms with Crippen molar-refractivity contribution in [1.29, 1.82) is 0 Å². The van der Waals surface area contributed by atoms with Crippen LogP contribution in [0.4, 0.5) is 0 Å². The Bertz CT molecular complexity index is 865. The molecular formula is C30H44N2. The van der Waals surface area contributed by atoms with Crippen molar-refractivity contribution >= 4 is 11.0 Å². The van der Waals surface area contributed by atoms with Gasteiger partial charge in [0, 0.05) is 13.0 Å². The Hall–Kier alpha value is -2.09. The highest BCUT2D eigenvalue weighted by atomic mass is 15.1. The van der Waals surface area contributed by atoms with Crippen molar-refractivity contribution in [3.8, 4) is 0 Å². The number of fused-ring (bicyclic) bond motifs is 1. The smallest absolute Gasteiger partial charge is 0.114 e. The van der Waals surface area contributed by atoms with Crippen LogP contribution in [-0.2, 0) is 13.0 Å². The van der Waals surface area contributed by atoms with Crippen LogP contribution >= 0.6 is 0 Å². The molecule has 0 amide bonds. The standard InChI is InChI=1S/C30H44N2/c1-2-3-4-5-6-7-8-9-10-11-12-13-14-20-25-32-29-24-19-18-23-28(29)31-30(32)26-27-21-16-15-17-22-27/h15-19,21-24H,2-14,20,25-26H2,1H3. The number of hydrogen-bond acceptors (Lipinski definition) is 1. The third kappa shape index (κ3) is 8.45. The molecule has 174 valence electrons. The molecule has 0 saturated heterocycles. The number of aryl methyl sites for hydroxylation is 1. The van der Waals surface area contributed by atoms with Gasteiger partial charge in [-0.05, 0) is 24.1 Å². The van der Waals surface area contributed by atoms with E-state index in [0.29, 0.717) is 0 Å². The Morgan fingerprint density at radius 1 is 0.594 bits per heavy atom. The largest absolute Gasteiger partial charge is 0.328 e. The Labute approximate surface area is 196 Å². The van der Waals surface area contributed by atoms with Crippen LogP contribution in [-0.4, -0.2) is 9.55 Å². The van der Waals surface area contributed by atoms with E-state index in [1.54, 1.807) is 0 Å². The molecule has 0 aliphatic heterocycles. The number of para-hydroxylation sites is 2. The Morgan fingerprint density at radius 3 is 1.75 bits per heavy atom. The number of unbranched alkanes of at least 4 members (excludes halogenated alkanes) is 13. The average molecular weight is 433 g/mol. The van der Waals surface area contributed by atoms with E-state index in [9.17, 15) is 0 Å².